The predicted molar refractivity (Wildman–Crippen MR) is 232 cm³/mol. The number of carbonyl (C=O) groups excluding carboxylic acids is 6. The van der Waals surface area contributed by atoms with E-state index in [0.29, 0.717) is 0 Å². The zero-order valence-corrected chi connectivity index (χ0v) is 39.4. The van der Waals surface area contributed by atoms with Crippen LogP contribution in [-0.4, -0.2) is 118 Å². The van der Waals surface area contributed by atoms with Crippen LogP contribution in [0.4, 0.5) is 35.9 Å². The van der Waals surface area contributed by atoms with E-state index in [4.69, 9.17) is 0 Å². The molecule has 3 aromatic rings. The summed E-state index contributed by atoms with van der Waals surface area (Å²) < 4.78 is 154. The largest absolute Gasteiger partial charge is 0.743 e. The van der Waals surface area contributed by atoms with Crippen LogP contribution in [0.2, 0.25) is 0 Å². The summed E-state index contributed by atoms with van der Waals surface area (Å²) in [7, 11) is -12.4. The summed E-state index contributed by atoms with van der Waals surface area (Å²) in [6.45, 7) is 4.97. The lowest BCUT2D eigenvalue weighted by molar-refractivity contribution is -0.168. The Morgan fingerprint density at radius 1 is 0.643 bits per heavy atom. The van der Waals surface area contributed by atoms with E-state index < -0.39 is 92.2 Å². The van der Waals surface area contributed by atoms with Gasteiger partial charge in [-0.3, -0.25) is 9.59 Å². The maximum Gasteiger partial charge on any atom is 0.407 e. The molecular formula is C42H45F6N3O16S3. The highest BCUT2D eigenvalue weighted by Crippen LogP contribution is 2.40. The summed E-state index contributed by atoms with van der Waals surface area (Å²) in [6.07, 6.45) is -5.38. The number of nitrogens with one attached hydrogen (secondary N) is 2. The van der Waals surface area contributed by atoms with Gasteiger partial charge in [-0.15, -0.1) is 9.35 Å². The van der Waals surface area contributed by atoms with E-state index in [2.05, 4.69) is 127 Å². The van der Waals surface area contributed by atoms with Crippen molar-refractivity contribution in [2.45, 2.75) is 64.2 Å². The first-order valence-electron chi connectivity index (χ1n) is 19.8. The number of hydrogen-bond donors (Lipinski definition) is 2. The second-order valence-corrected chi connectivity index (χ2v) is 18.9. The molecule has 384 valence electrons. The van der Waals surface area contributed by atoms with Gasteiger partial charge in [-0.1, -0.05) is 67.8 Å². The molecule has 19 nitrogen and oxygen atoms in total. The number of esters is 2. The Kier molecular flexibility index (Phi) is 23.0. The van der Waals surface area contributed by atoms with E-state index >= 15 is 0 Å². The molecule has 1 fully saturated rings. The van der Waals surface area contributed by atoms with Gasteiger partial charge in [0.05, 0.1) is 37.0 Å². The van der Waals surface area contributed by atoms with E-state index in [-0.39, 0.29) is 66.2 Å². The summed E-state index contributed by atoms with van der Waals surface area (Å²) in [5, 5.41) is -6.97. The Morgan fingerprint density at radius 2 is 1.01 bits per heavy atom. The topological polar surface area (TPSA) is 267 Å². The third-order valence-corrected chi connectivity index (χ3v) is 12.5. The predicted octanol–water partition coefficient (Wildman–Crippen LogP) is 5.61. The number of amides is 4. The molecule has 0 spiro atoms. The van der Waals surface area contributed by atoms with Crippen molar-refractivity contribution in [3.8, 4) is 0 Å². The van der Waals surface area contributed by atoms with Gasteiger partial charge in [0.15, 0.2) is 31.4 Å². The maximum absolute atomic E-state index is 13.7. The van der Waals surface area contributed by atoms with Gasteiger partial charge in [-0.05, 0) is 50.2 Å². The number of benzene rings is 3. The molecule has 0 radical (unpaired) electrons. The lowest BCUT2D eigenvalue weighted by Gasteiger charge is -2.28. The lowest BCUT2D eigenvalue weighted by atomic mass is 10.2. The van der Waals surface area contributed by atoms with E-state index in [1.54, 1.807) is 0 Å². The number of nitrogens with zero attached hydrogens (tertiary/aromatic N) is 1. The Hall–Kier alpha value is -6.49. The van der Waals surface area contributed by atoms with Crippen LogP contribution in [0.5, 0.6) is 0 Å². The Bertz CT molecular complexity index is 2420. The van der Waals surface area contributed by atoms with E-state index in [1.165, 1.54) is 28.5 Å². The highest BCUT2D eigenvalue weighted by atomic mass is 32.2. The fraction of sp³-hybridized carbons (Fsp3) is 0.333. The summed E-state index contributed by atoms with van der Waals surface area (Å²) in [6, 6.07) is 32.2. The van der Waals surface area contributed by atoms with Crippen molar-refractivity contribution in [1.82, 2.24) is 15.7 Å². The first kappa shape index (κ1) is 59.6. The summed E-state index contributed by atoms with van der Waals surface area (Å²) in [4.78, 5) is 70.8. The van der Waals surface area contributed by atoms with Crippen LogP contribution in [0, 0.1) is 0 Å². The number of ether oxygens (including phenoxy) is 4. The van der Waals surface area contributed by atoms with Crippen molar-refractivity contribution in [2.24, 2.45) is 0 Å². The van der Waals surface area contributed by atoms with Crippen LogP contribution in [-0.2, 0) is 73.5 Å². The first-order valence-corrected chi connectivity index (χ1v) is 23.8. The number of rotatable bonds is 21. The van der Waals surface area contributed by atoms with Gasteiger partial charge in [0.25, 0.3) is 11.8 Å². The fourth-order valence-corrected chi connectivity index (χ4v) is 7.88. The monoisotopic (exact) mass is 1060 g/mol. The second-order valence-electron chi connectivity index (χ2n) is 13.8. The van der Waals surface area contributed by atoms with Gasteiger partial charge in [0.2, 0.25) is 0 Å². The molecule has 28 heteroatoms. The minimum atomic E-state index is -6.59. The van der Waals surface area contributed by atoms with Crippen LogP contribution < -0.4 is 10.6 Å². The molecule has 1 aliphatic rings. The maximum atomic E-state index is 13.7. The number of hydroxylamine groups is 2. The quantitative estimate of drug-likeness (QED) is 0.0192. The van der Waals surface area contributed by atoms with E-state index in [1.807, 2.05) is 10.6 Å². The SMILES string of the molecule is C=C(C)C(=O)OCCNC(=O)OCC(F)(F)S(=O)(=O)ON1C(=O)CCC1=O.C=C(C)C(=O)OCCNC(=O)OCCC(F)(F)C(F)(F)S(=O)(=O)[O-].c1ccc([S+](c2ccccc2)c2ccccc2)cc1. The van der Waals surface area contributed by atoms with Crippen LogP contribution in [0.25, 0.3) is 0 Å². The van der Waals surface area contributed by atoms with Gasteiger partial charge < -0.3 is 34.1 Å². The van der Waals surface area contributed by atoms with Crippen molar-refractivity contribution >= 4 is 67.1 Å². The van der Waals surface area contributed by atoms with Gasteiger partial charge >= 0.3 is 50.7 Å². The minimum absolute atomic E-state index is 0.0146. The molecular weight excluding hydrogens is 1010 g/mol. The molecule has 0 aliphatic carbocycles. The molecule has 1 aliphatic heterocycles. The first-order chi connectivity index (χ1) is 32.5. The van der Waals surface area contributed by atoms with Crippen LogP contribution >= 0.6 is 0 Å². The van der Waals surface area contributed by atoms with Gasteiger partial charge in [-0.2, -0.15) is 34.8 Å². The normalized spacial score (nSPS) is 12.9. The van der Waals surface area contributed by atoms with Crippen molar-refractivity contribution in [3.63, 3.8) is 0 Å². The highest BCUT2D eigenvalue weighted by molar-refractivity contribution is 7.97. The summed E-state index contributed by atoms with van der Waals surface area (Å²) >= 11 is 0. The van der Waals surface area contributed by atoms with E-state index in [9.17, 15) is 76.5 Å². The zero-order chi connectivity index (χ0) is 52.9. The smallest absolute Gasteiger partial charge is 0.407 e. The highest BCUT2D eigenvalue weighted by Gasteiger charge is 2.61. The van der Waals surface area contributed by atoms with Gasteiger partial charge in [-0.25, -0.2) is 27.6 Å². The number of imide groups is 1. The standard InChI is InChI=1S/C18H15S.C13H16F2N2O9S.C11H15F4NO7S/c1-4-10-16(11-5-1)19(17-12-6-2-7-13-17)18-14-8-3-9-15-18;1-8(2)11(20)24-6-5-16-12(21)25-7-13(14,15)27(22,23)26-17-9(18)3-4-10(17)19;1-7(2)8(17)22-6-4-16-9(18)23-5-3-10(12,13)11(14,15)24(19,20)21/h1-15H;1,3-7H2,2H3,(H,16,21);1,3-6H2,2H3,(H,16,18)(H,19,20,21)/q+1;;/p-1. The molecule has 1 saturated heterocycles. The van der Waals surface area contributed by atoms with Crippen molar-refractivity contribution in [3.05, 3.63) is 115 Å². The molecule has 0 bridgehead atoms. The molecule has 2 N–H and O–H groups in total. The van der Waals surface area contributed by atoms with Crippen LogP contribution in [0.1, 0.15) is 33.1 Å². The number of hydrogen-bond acceptors (Lipinski definition) is 16. The van der Waals surface area contributed by atoms with Gasteiger partial charge in [0, 0.05) is 24.0 Å². The molecule has 70 heavy (non-hydrogen) atoms. The number of alkyl carbamates (subject to hydrolysis) is 2. The molecule has 4 amide bonds. The molecule has 0 unspecified atom stereocenters. The number of halogens is 6. The Labute approximate surface area is 400 Å². The molecule has 0 saturated carbocycles. The summed E-state index contributed by atoms with van der Waals surface area (Å²) in [5.74, 6) is -8.87. The van der Waals surface area contributed by atoms with Crippen molar-refractivity contribution < 1.29 is 99.7 Å². The minimum Gasteiger partial charge on any atom is -0.743 e. The Morgan fingerprint density at radius 3 is 1.37 bits per heavy atom. The van der Waals surface area contributed by atoms with Gasteiger partial charge in [0.1, 0.15) is 13.2 Å². The van der Waals surface area contributed by atoms with Crippen molar-refractivity contribution in [1.29, 1.82) is 0 Å². The third-order valence-electron chi connectivity index (χ3n) is 8.15. The third kappa shape index (κ3) is 18.8. The molecule has 4 rings (SSSR count). The zero-order valence-electron chi connectivity index (χ0n) is 36.9. The fourth-order valence-electron chi connectivity index (χ4n) is 4.63. The van der Waals surface area contributed by atoms with Crippen molar-refractivity contribution in [2.75, 3.05) is 39.5 Å². The molecule has 1 heterocycles. The number of alkyl halides is 6. The average Bonchev–Trinajstić information content (AvgIpc) is 3.61. The lowest BCUT2D eigenvalue weighted by Crippen LogP contribution is -2.47. The average molecular weight is 1060 g/mol. The molecule has 3 aromatic carbocycles. The van der Waals surface area contributed by atoms with E-state index in [0.717, 1.165) is 0 Å². The number of carbonyl (C=O) groups is 6. The van der Waals surface area contributed by atoms with Crippen LogP contribution in [0.3, 0.4) is 0 Å². The molecule has 0 aromatic heterocycles. The second kappa shape index (κ2) is 27.0. The van der Waals surface area contributed by atoms with Crippen LogP contribution in [0.15, 0.2) is 130 Å². The molecule has 0 atom stereocenters. The summed E-state index contributed by atoms with van der Waals surface area (Å²) in [5.41, 5.74) is 0.214. The Balaban J connectivity index is 0.000000364.